The zero-order valence-corrected chi connectivity index (χ0v) is 6.29. The van der Waals surface area contributed by atoms with Gasteiger partial charge in [-0.05, 0) is 17.5 Å². The molecule has 0 radical (unpaired) electrons. The molecule has 0 aromatic heterocycles. The van der Waals surface area contributed by atoms with Crippen molar-refractivity contribution in [2.45, 2.75) is 18.4 Å². The highest BCUT2D eigenvalue weighted by atomic mass is 16.5. The Labute approximate surface area is 66.0 Å². The summed E-state index contributed by atoms with van der Waals surface area (Å²) in [6.45, 7) is 0.948. The van der Waals surface area contributed by atoms with E-state index in [1.54, 1.807) is 0 Å². The van der Waals surface area contributed by atoms with Crippen LogP contribution in [-0.4, -0.2) is 6.61 Å². The van der Waals surface area contributed by atoms with Crippen LogP contribution in [0.1, 0.15) is 29.6 Å². The lowest BCUT2D eigenvalue weighted by Crippen LogP contribution is -2.19. The third-order valence-corrected chi connectivity index (χ3v) is 2.79. The fourth-order valence-corrected chi connectivity index (χ4v) is 2.23. The molecule has 1 fully saturated rings. The summed E-state index contributed by atoms with van der Waals surface area (Å²) in [7, 11) is 0. The number of ether oxygens (including phenoxy) is 1. The Morgan fingerprint density at radius 2 is 2.00 bits per heavy atom. The number of hydrogen-bond acceptors (Lipinski definition) is 1. The molecule has 1 saturated heterocycles. The van der Waals surface area contributed by atoms with Gasteiger partial charge in [0.15, 0.2) is 0 Å². The minimum absolute atomic E-state index is 0.450. The number of fused-ring (bicyclic) bond motifs is 4. The number of rotatable bonds is 0. The van der Waals surface area contributed by atoms with Crippen molar-refractivity contribution < 1.29 is 4.74 Å². The van der Waals surface area contributed by atoms with Gasteiger partial charge in [0, 0.05) is 12.5 Å². The van der Waals surface area contributed by atoms with E-state index in [2.05, 4.69) is 24.3 Å². The molecule has 0 spiro atoms. The summed E-state index contributed by atoms with van der Waals surface area (Å²) in [6.07, 6.45) is 1.67. The number of hydrogen-bond donors (Lipinski definition) is 0. The molecule has 0 saturated carbocycles. The van der Waals surface area contributed by atoms with Crippen LogP contribution in [0.2, 0.25) is 0 Å². The Bertz CT molecular complexity index is 264. The second kappa shape index (κ2) is 1.86. The van der Waals surface area contributed by atoms with E-state index in [4.69, 9.17) is 4.74 Å². The highest BCUT2D eigenvalue weighted by molar-refractivity contribution is 5.43. The molecule has 1 aliphatic heterocycles. The van der Waals surface area contributed by atoms with Gasteiger partial charge in [0.25, 0.3) is 0 Å². The molecule has 3 rings (SSSR count). The predicted octanol–water partition coefficient (Wildman–Crippen LogP) is 2.25. The monoisotopic (exact) mass is 146 g/mol. The summed E-state index contributed by atoms with van der Waals surface area (Å²) in [5.41, 5.74) is 2.95. The molecule has 0 bridgehead atoms. The normalized spacial score (nSPS) is 32.4. The van der Waals surface area contributed by atoms with Crippen molar-refractivity contribution in [1.82, 2.24) is 0 Å². The van der Waals surface area contributed by atoms with Gasteiger partial charge in [-0.1, -0.05) is 24.3 Å². The van der Waals surface area contributed by atoms with Crippen LogP contribution in [0.25, 0.3) is 0 Å². The van der Waals surface area contributed by atoms with Crippen molar-refractivity contribution in [3.8, 4) is 0 Å². The zero-order valence-electron chi connectivity index (χ0n) is 6.29. The molecule has 2 aliphatic rings. The van der Waals surface area contributed by atoms with Crippen molar-refractivity contribution in [2.75, 3.05) is 6.61 Å². The maximum absolute atomic E-state index is 5.58. The van der Waals surface area contributed by atoms with Crippen LogP contribution in [0.3, 0.4) is 0 Å². The molecule has 56 valence electrons. The van der Waals surface area contributed by atoms with Crippen molar-refractivity contribution in [3.63, 3.8) is 0 Å². The Morgan fingerprint density at radius 1 is 1.18 bits per heavy atom. The lowest BCUT2D eigenvalue weighted by molar-refractivity contribution is 0.0884. The number of benzene rings is 1. The molecule has 2 atom stereocenters. The van der Waals surface area contributed by atoms with Gasteiger partial charge < -0.3 is 4.74 Å². The van der Waals surface area contributed by atoms with Crippen molar-refractivity contribution >= 4 is 0 Å². The summed E-state index contributed by atoms with van der Waals surface area (Å²) in [5.74, 6) is 0.728. The first kappa shape index (κ1) is 5.78. The molecule has 11 heavy (non-hydrogen) atoms. The molecular formula is C10H10O. The van der Waals surface area contributed by atoms with Crippen LogP contribution in [0, 0.1) is 0 Å². The molecule has 1 nitrogen and oxygen atoms in total. The molecule has 0 amide bonds. The molecular weight excluding hydrogens is 136 g/mol. The van der Waals surface area contributed by atoms with Gasteiger partial charge in [-0.2, -0.15) is 0 Å². The first-order chi connectivity index (χ1) is 5.47. The lowest BCUT2D eigenvalue weighted by Gasteiger charge is -2.32. The molecule has 0 unspecified atom stereocenters. The fourth-order valence-electron chi connectivity index (χ4n) is 2.23. The van der Waals surface area contributed by atoms with Gasteiger partial charge in [-0.25, -0.2) is 0 Å². The summed E-state index contributed by atoms with van der Waals surface area (Å²) in [4.78, 5) is 0. The van der Waals surface area contributed by atoms with Crippen LogP contribution in [0.15, 0.2) is 24.3 Å². The van der Waals surface area contributed by atoms with Crippen molar-refractivity contribution in [1.29, 1.82) is 0 Å². The summed E-state index contributed by atoms with van der Waals surface area (Å²) in [5, 5.41) is 0. The Balaban J connectivity index is 2.13. The van der Waals surface area contributed by atoms with Crippen LogP contribution in [0.5, 0.6) is 0 Å². The lowest BCUT2D eigenvalue weighted by atomic mass is 9.75. The van der Waals surface area contributed by atoms with Gasteiger partial charge in [0.1, 0.15) is 0 Å². The fraction of sp³-hybridized carbons (Fsp3) is 0.400. The molecule has 1 heteroatoms. The topological polar surface area (TPSA) is 9.23 Å². The second-order valence-corrected chi connectivity index (χ2v) is 3.32. The van der Waals surface area contributed by atoms with Gasteiger partial charge in [0.05, 0.1) is 6.10 Å². The molecule has 1 heterocycles. The highest BCUT2D eigenvalue weighted by Crippen LogP contribution is 2.52. The van der Waals surface area contributed by atoms with E-state index < -0.39 is 0 Å². The van der Waals surface area contributed by atoms with E-state index >= 15 is 0 Å². The first-order valence-electron chi connectivity index (χ1n) is 4.17. The van der Waals surface area contributed by atoms with Gasteiger partial charge >= 0.3 is 0 Å². The highest BCUT2D eigenvalue weighted by Gasteiger charge is 2.41. The average Bonchev–Trinajstić information content (AvgIpc) is 2.44. The van der Waals surface area contributed by atoms with Gasteiger partial charge in [-0.15, -0.1) is 0 Å². The van der Waals surface area contributed by atoms with Crippen molar-refractivity contribution in [3.05, 3.63) is 35.4 Å². The SMILES string of the molecule is c1ccc2c(c1)[C@H]1CCO[C@@H]21. The molecule has 1 aliphatic carbocycles. The Morgan fingerprint density at radius 3 is 2.91 bits per heavy atom. The van der Waals surface area contributed by atoms with Crippen LogP contribution in [0.4, 0.5) is 0 Å². The third-order valence-electron chi connectivity index (χ3n) is 2.79. The quantitative estimate of drug-likeness (QED) is 0.545. The van der Waals surface area contributed by atoms with Gasteiger partial charge in [0.2, 0.25) is 0 Å². The molecule has 1 aromatic rings. The van der Waals surface area contributed by atoms with Crippen LogP contribution in [-0.2, 0) is 4.74 Å². The molecule has 0 N–H and O–H groups in total. The van der Waals surface area contributed by atoms with E-state index in [9.17, 15) is 0 Å². The van der Waals surface area contributed by atoms with E-state index in [0.717, 1.165) is 12.5 Å². The summed E-state index contributed by atoms with van der Waals surface area (Å²) >= 11 is 0. The minimum atomic E-state index is 0.450. The van der Waals surface area contributed by atoms with E-state index in [-0.39, 0.29) is 0 Å². The van der Waals surface area contributed by atoms with Crippen LogP contribution >= 0.6 is 0 Å². The van der Waals surface area contributed by atoms with Gasteiger partial charge in [-0.3, -0.25) is 0 Å². The van der Waals surface area contributed by atoms with E-state index in [1.165, 1.54) is 17.5 Å². The average molecular weight is 146 g/mol. The first-order valence-corrected chi connectivity index (χ1v) is 4.17. The third kappa shape index (κ3) is 0.596. The minimum Gasteiger partial charge on any atom is -0.373 e. The summed E-state index contributed by atoms with van der Waals surface area (Å²) in [6, 6.07) is 8.62. The molecule has 1 aromatic carbocycles. The smallest absolute Gasteiger partial charge is 0.0897 e. The Kier molecular flexibility index (Phi) is 0.977. The largest absolute Gasteiger partial charge is 0.373 e. The van der Waals surface area contributed by atoms with Crippen molar-refractivity contribution in [2.24, 2.45) is 0 Å². The van der Waals surface area contributed by atoms with Crippen LogP contribution < -0.4 is 0 Å². The maximum atomic E-state index is 5.58. The second-order valence-electron chi connectivity index (χ2n) is 3.32. The van der Waals surface area contributed by atoms with E-state index in [0.29, 0.717) is 6.10 Å². The Hall–Kier alpha value is -0.820. The van der Waals surface area contributed by atoms with E-state index in [1.807, 2.05) is 0 Å². The maximum Gasteiger partial charge on any atom is 0.0897 e. The predicted molar refractivity (Wildman–Crippen MR) is 42.5 cm³/mol. The standard InChI is InChI=1S/C10H10O/c1-2-4-8-7(3-1)9-5-6-11-10(8)9/h1-4,9-10H,5-6H2/t9-,10+/m1/s1. The zero-order chi connectivity index (χ0) is 7.26. The summed E-state index contributed by atoms with van der Waals surface area (Å²) < 4.78 is 5.58.